The van der Waals surface area contributed by atoms with Crippen molar-refractivity contribution in [3.05, 3.63) is 35.5 Å². The zero-order valence-corrected chi connectivity index (χ0v) is 16.9. The summed E-state index contributed by atoms with van der Waals surface area (Å²) >= 11 is 0. The Kier molecular flexibility index (Phi) is 9.01. The fourth-order valence-electron chi connectivity index (χ4n) is 2.91. The molecule has 0 saturated heterocycles. The van der Waals surface area contributed by atoms with Crippen LogP contribution in [0.4, 0.5) is 11.8 Å². The summed E-state index contributed by atoms with van der Waals surface area (Å²) in [5.41, 5.74) is 13.3. The molecule has 0 radical (unpaired) electrons. The highest BCUT2D eigenvalue weighted by atomic mass is 16.5. The van der Waals surface area contributed by atoms with Crippen molar-refractivity contribution in [1.82, 2.24) is 9.97 Å². The third-order valence-corrected chi connectivity index (χ3v) is 4.37. The summed E-state index contributed by atoms with van der Waals surface area (Å²) in [5.74, 6) is 0.777. The number of unbranched alkanes of at least 4 members (excludes halogenated alkanes) is 2. The number of carbonyl (C=O) groups is 1. The maximum atomic E-state index is 10.8. The van der Waals surface area contributed by atoms with Gasteiger partial charge in [-0.15, -0.1) is 0 Å². The van der Waals surface area contributed by atoms with Crippen molar-refractivity contribution in [3.63, 3.8) is 0 Å². The third kappa shape index (κ3) is 7.48. The van der Waals surface area contributed by atoms with Crippen LogP contribution in [0.5, 0.6) is 11.5 Å². The molecule has 8 heteroatoms. The molecule has 2 rings (SSSR count). The lowest BCUT2D eigenvalue weighted by Crippen LogP contribution is -2.11. The molecule has 0 atom stereocenters. The minimum atomic E-state index is -0.828. The molecule has 0 fully saturated rings. The second-order valence-electron chi connectivity index (χ2n) is 6.75. The first-order valence-electron chi connectivity index (χ1n) is 9.98. The van der Waals surface area contributed by atoms with Gasteiger partial charge in [0.1, 0.15) is 5.75 Å². The van der Waals surface area contributed by atoms with Crippen LogP contribution in [-0.2, 0) is 17.6 Å². The van der Waals surface area contributed by atoms with Gasteiger partial charge in [-0.25, -0.2) is 4.98 Å². The van der Waals surface area contributed by atoms with E-state index in [2.05, 4.69) is 16.9 Å². The summed E-state index contributed by atoms with van der Waals surface area (Å²) in [6, 6.07) is 7.46. The third-order valence-electron chi connectivity index (χ3n) is 4.37. The number of nitrogens with zero attached hydrogens (tertiary/aromatic N) is 2. The number of hydrogen-bond donors (Lipinski definition) is 3. The first kappa shape index (κ1) is 22.3. The molecule has 158 valence electrons. The average Bonchev–Trinajstić information content (AvgIpc) is 2.68. The molecular formula is C21H30N4O4. The molecule has 0 amide bonds. The number of aliphatic carboxylic acids is 1. The van der Waals surface area contributed by atoms with Gasteiger partial charge in [0, 0.05) is 12.8 Å². The Morgan fingerprint density at radius 3 is 2.55 bits per heavy atom. The molecule has 2 aromatic rings. The number of benzene rings is 1. The van der Waals surface area contributed by atoms with E-state index in [0.29, 0.717) is 37.6 Å². The number of anilines is 2. The van der Waals surface area contributed by atoms with Crippen LogP contribution in [0.1, 0.15) is 50.3 Å². The Bertz CT molecular complexity index is 798. The fourth-order valence-corrected chi connectivity index (χ4v) is 2.91. The average molecular weight is 402 g/mol. The van der Waals surface area contributed by atoms with Crippen molar-refractivity contribution in [1.29, 1.82) is 0 Å². The van der Waals surface area contributed by atoms with E-state index in [-0.39, 0.29) is 18.2 Å². The number of aromatic nitrogens is 2. The molecule has 0 aliphatic heterocycles. The van der Waals surface area contributed by atoms with Crippen molar-refractivity contribution < 1.29 is 19.4 Å². The van der Waals surface area contributed by atoms with E-state index >= 15 is 0 Å². The number of hydrogen-bond acceptors (Lipinski definition) is 7. The van der Waals surface area contributed by atoms with Crippen LogP contribution in [-0.4, -0.2) is 34.3 Å². The fraction of sp³-hybridized carbons (Fsp3) is 0.476. The van der Waals surface area contributed by atoms with Gasteiger partial charge in [-0.1, -0.05) is 38.0 Å². The second-order valence-corrected chi connectivity index (χ2v) is 6.75. The molecule has 0 saturated carbocycles. The largest absolute Gasteiger partial charge is 0.493 e. The van der Waals surface area contributed by atoms with Crippen LogP contribution in [0.3, 0.4) is 0 Å². The summed E-state index contributed by atoms with van der Waals surface area (Å²) in [6.07, 6.45) is 5.07. The maximum Gasteiger partial charge on any atom is 0.303 e. The lowest BCUT2D eigenvalue weighted by atomic mass is 10.1. The van der Waals surface area contributed by atoms with E-state index in [1.165, 1.54) is 0 Å². The molecular weight excluding hydrogens is 372 g/mol. The molecule has 0 aliphatic carbocycles. The Morgan fingerprint density at radius 1 is 1.03 bits per heavy atom. The number of carboxylic acid groups (broad SMARTS) is 1. The predicted molar refractivity (Wildman–Crippen MR) is 112 cm³/mol. The minimum Gasteiger partial charge on any atom is -0.493 e. The van der Waals surface area contributed by atoms with E-state index in [1.54, 1.807) is 0 Å². The van der Waals surface area contributed by atoms with Gasteiger partial charge >= 0.3 is 5.97 Å². The molecule has 0 aliphatic rings. The Labute approximate surface area is 171 Å². The molecule has 5 N–H and O–H groups in total. The summed E-state index contributed by atoms with van der Waals surface area (Å²) < 4.78 is 11.6. The van der Waals surface area contributed by atoms with Gasteiger partial charge < -0.3 is 26.0 Å². The highest BCUT2D eigenvalue weighted by Crippen LogP contribution is 2.26. The van der Waals surface area contributed by atoms with E-state index in [4.69, 9.17) is 26.0 Å². The smallest absolute Gasteiger partial charge is 0.303 e. The molecule has 1 heterocycles. The zero-order chi connectivity index (χ0) is 21.1. The van der Waals surface area contributed by atoms with Crippen molar-refractivity contribution in [2.24, 2.45) is 0 Å². The highest BCUT2D eigenvalue weighted by Gasteiger charge is 2.13. The second kappa shape index (κ2) is 11.7. The van der Waals surface area contributed by atoms with Gasteiger partial charge in [0.15, 0.2) is 11.6 Å². The molecule has 8 nitrogen and oxygen atoms in total. The van der Waals surface area contributed by atoms with E-state index in [0.717, 1.165) is 36.9 Å². The number of nitrogen functional groups attached to an aromatic ring is 2. The number of rotatable bonds is 13. The lowest BCUT2D eigenvalue weighted by Gasteiger charge is -2.14. The van der Waals surface area contributed by atoms with Gasteiger partial charge in [0.05, 0.1) is 18.9 Å². The van der Waals surface area contributed by atoms with Gasteiger partial charge in [0.2, 0.25) is 5.95 Å². The highest BCUT2D eigenvalue weighted by molar-refractivity contribution is 5.67. The van der Waals surface area contributed by atoms with Crippen molar-refractivity contribution >= 4 is 17.7 Å². The van der Waals surface area contributed by atoms with Gasteiger partial charge in [-0.2, -0.15) is 4.98 Å². The van der Waals surface area contributed by atoms with Gasteiger partial charge in [0.25, 0.3) is 0 Å². The molecule has 1 aromatic carbocycles. The Balaban J connectivity index is 1.86. The standard InChI is InChI=1S/C21H30N4O4/c1-2-3-4-9-16-19(20(22)25-21(23)24-16)29-14-7-13-28-17-10-6-5-8-15(17)11-12-18(26)27/h5-6,8,10H,2-4,7,9,11-14H2,1H3,(H,26,27)(H4,22,23,24,25). The topological polar surface area (TPSA) is 134 Å². The monoisotopic (exact) mass is 402 g/mol. The maximum absolute atomic E-state index is 10.8. The summed E-state index contributed by atoms with van der Waals surface area (Å²) in [5, 5.41) is 8.86. The molecule has 0 unspecified atom stereocenters. The number of para-hydroxylation sites is 1. The van der Waals surface area contributed by atoms with Crippen LogP contribution in [0.2, 0.25) is 0 Å². The molecule has 0 spiro atoms. The number of nitrogens with two attached hydrogens (primary N) is 2. The van der Waals surface area contributed by atoms with Crippen LogP contribution >= 0.6 is 0 Å². The molecule has 29 heavy (non-hydrogen) atoms. The van der Waals surface area contributed by atoms with Crippen LogP contribution in [0.15, 0.2) is 24.3 Å². The molecule has 0 bridgehead atoms. The molecule has 1 aromatic heterocycles. The first-order valence-corrected chi connectivity index (χ1v) is 9.98. The Hall–Kier alpha value is -3.03. The quantitative estimate of drug-likeness (QED) is 0.435. The first-order chi connectivity index (χ1) is 14.0. The number of aryl methyl sites for hydroxylation is 2. The predicted octanol–water partition coefficient (Wildman–Crippen LogP) is 3.24. The van der Waals surface area contributed by atoms with Gasteiger partial charge in [-0.3, -0.25) is 4.79 Å². The van der Waals surface area contributed by atoms with Gasteiger partial charge in [-0.05, 0) is 30.9 Å². The Morgan fingerprint density at radius 2 is 1.79 bits per heavy atom. The SMILES string of the molecule is CCCCCc1nc(N)nc(N)c1OCCCOc1ccccc1CCC(=O)O. The lowest BCUT2D eigenvalue weighted by molar-refractivity contribution is -0.136. The summed E-state index contributed by atoms with van der Waals surface area (Å²) in [6.45, 7) is 2.97. The number of ether oxygens (including phenoxy) is 2. The van der Waals surface area contributed by atoms with Crippen LogP contribution < -0.4 is 20.9 Å². The van der Waals surface area contributed by atoms with E-state index < -0.39 is 5.97 Å². The van der Waals surface area contributed by atoms with Crippen molar-refractivity contribution in [3.8, 4) is 11.5 Å². The zero-order valence-electron chi connectivity index (χ0n) is 16.9. The van der Waals surface area contributed by atoms with E-state index in [1.807, 2.05) is 24.3 Å². The van der Waals surface area contributed by atoms with Crippen LogP contribution in [0, 0.1) is 0 Å². The normalized spacial score (nSPS) is 10.7. The van der Waals surface area contributed by atoms with Crippen LogP contribution in [0.25, 0.3) is 0 Å². The summed E-state index contributed by atoms with van der Waals surface area (Å²) in [7, 11) is 0. The number of carboxylic acids is 1. The summed E-state index contributed by atoms with van der Waals surface area (Å²) in [4.78, 5) is 19.1. The van der Waals surface area contributed by atoms with Crippen molar-refractivity contribution in [2.45, 2.75) is 51.9 Å². The van der Waals surface area contributed by atoms with E-state index in [9.17, 15) is 4.79 Å². The van der Waals surface area contributed by atoms with Crippen molar-refractivity contribution in [2.75, 3.05) is 24.7 Å². The minimum absolute atomic E-state index is 0.0701.